The number of aromatic nitrogens is 1. The predicted octanol–water partition coefficient (Wildman–Crippen LogP) is -0.196. The first-order chi connectivity index (χ1) is 8.88. The van der Waals surface area contributed by atoms with E-state index in [9.17, 15) is 14.4 Å². The van der Waals surface area contributed by atoms with Crippen molar-refractivity contribution in [3.8, 4) is 0 Å². The number of rotatable bonds is 1. The Morgan fingerprint density at radius 1 is 1.53 bits per heavy atom. The minimum absolute atomic E-state index is 0.0730. The van der Waals surface area contributed by atoms with Crippen LogP contribution in [0.25, 0.3) is 0 Å². The second-order valence-corrected chi connectivity index (χ2v) is 4.51. The van der Waals surface area contributed by atoms with E-state index in [1.165, 1.54) is 19.1 Å². The van der Waals surface area contributed by atoms with Gasteiger partial charge in [-0.2, -0.15) is 0 Å². The largest absolute Gasteiger partial charge is 0.384 e. The van der Waals surface area contributed by atoms with E-state index in [0.29, 0.717) is 0 Å². The highest BCUT2D eigenvalue weighted by Gasteiger charge is 2.34. The van der Waals surface area contributed by atoms with Crippen molar-refractivity contribution in [1.82, 2.24) is 15.2 Å². The predicted molar refractivity (Wildman–Crippen MR) is 67.3 cm³/mol. The van der Waals surface area contributed by atoms with Crippen molar-refractivity contribution in [2.75, 3.05) is 12.3 Å². The van der Waals surface area contributed by atoms with Crippen molar-refractivity contribution in [2.45, 2.75) is 13.0 Å². The van der Waals surface area contributed by atoms with Crippen LogP contribution in [-0.4, -0.2) is 40.2 Å². The lowest BCUT2D eigenvalue weighted by atomic mass is 10.1. The van der Waals surface area contributed by atoms with Gasteiger partial charge in [0.2, 0.25) is 11.8 Å². The molecule has 1 aliphatic rings. The number of hydrogen-bond acceptors (Lipinski definition) is 5. The number of imide groups is 1. The number of halogens is 1. The second kappa shape index (κ2) is 4.85. The van der Waals surface area contributed by atoms with Crippen LogP contribution in [-0.2, 0) is 9.59 Å². The van der Waals surface area contributed by atoms with Crippen LogP contribution >= 0.6 is 11.6 Å². The van der Waals surface area contributed by atoms with Crippen LogP contribution in [0.1, 0.15) is 17.3 Å². The minimum Gasteiger partial charge on any atom is -0.384 e. The Morgan fingerprint density at radius 3 is 2.84 bits per heavy atom. The zero-order chi connectivity index (χ0) is 14.2. The fraction of sp³-hybridized carbons (Fsp3) is 0.273. The molecule has 19 heavy (non-hydrogen) atoms. The Morgan fingerprint density at radius 2 is 2.21 bits per heavy atom. The Labute approximate surface area is 113 Å². The molecule has 0 aromatic carbocycles. The number of carbonyl (C=O) groups excluding carboxylic acids is 3. The van der Waals surface area contributed by atoms with E-state index in [0.717, 1.165) is 4.90 Å². The van der Waals surface area contributed by atoms with E-state index in [2.05, 4.69) is 10.3 Å². The number of hydrogen-bond donors (Lipinski definition) is 2. The van der Waals surface area contributed by atoms with Gasteiger partial charge in [-0.3, -0.25) is 19.7 Å². The Balaban J connectivity index is 2.32. The number of nitrogens with zero attached hydrogens (tertiary/aromatic N) is 2. The third-order valence-corrected chi connectivity index (χ3v) is 2.94. The molecule has 1 aromatic rings. The highest BCUT2D eigenvalue weighted by Crippen LogP contribution is 2.16. The first-order valence-electron chi connectivity index (χ1n) is 5.46. The summed E-state index contributed by atoms with van der Waals surface area (Å²) in [5.41, 5.74) is 5.69. The monoisotopic (exact) mass is 282 g/mol. The fourth-order valence-corrected chi connectivity index (χ4v) is 1.98. The maximum Gasteiger partial charge on any atom is 0.255 e. The normalized spacial score (nSPS) is 19.3. The number of nitrogens with two attached hydrogens (primary N) is 1. The lowest BCUT2D eigenvalue weighted by Crippen LogP contribution is -2.58. The summed E-state index contributed by atoms with van der Waals surface area (Å²) in [7, 11) is 0. The molecule has 0 saturated carbocycles. The molecule has 1 fully saturated rings. The minimum atomic E-state index is -0.738. The number of nitrogens with one attached hydrogen (secondary N) is 1. The molecule has 2 rings (SSSR count). The molecule has 1 unspecified atom stereocenters. The molecule has 0 aliphatic carbocycles. The van der Waals surface area contributed by atoms with E-state index < -0.39 is 23.8 Å². The van der Waals surface area contributed by atoms with Crippen LogP contribution in [0.3, 0.4) is 0 Å². The van der Waals surface area contributed by atoms with E-state index >= 15 is 0 Å². The molecule has 1 atom stereocenters. The summed E-state index contributed by atoms with van der Waals surface area (Å²) >= 11 is 5.72. The standard InChI is InChI=1S/C11H11ClN4O3/c1-5-10(18)15-9(17)4-16(5)11(19)6-2-7(12)14-8(13)3-6/h2-3,5H,4H2,1H3,(H2,13,14)(H,15,17,18). The number of pyridine rings is 1. The highest BCUT2D eigenvalue weighted by molar-refractivity contribution is 6.30. The van der Waals surface area contributed by atoms with Crippen molar-refractivity contribution in [3.63, 3.8) is 0 Å². The van der Waals surface area contributed by atoms with Crippen LogP contribution in [0.5, 0.6) is 0 Å². The number of piperazine rings is 1. The van der Waals surface area contributed by atoms with E-state index in [1.807, 2.05) is 0 Å². The average molecular weight is 283 g/mol. The first-order valence-corrected chi connectivity index (χ1v) is 5.84. The molecule has 0 spiro atoms. The van der Waals surface area contributed by atoms with Gasteiger partial charge in [0, 0.05) is 5.56 Å². The van der Waals surface area contributed by atoms with Gasteiger partial charge in [-0.25, -0.2) is 4.98 Å². The van der Waals surface area contributed by atoms with E-state index in [1.54, 1.807) is 0 Å². The van der Waals surface area contributed by atoms with Gasteiger partial charge in [0.05, 0.1) is 0 Å². The Bertz CT molecular complexity index is 555. The summed E-state index contributed by atoms with van der Waals surface area (Å²) in [5, 5.41) is 2.23. The van der Waals surface area contributed by atoms with Crippen molar-refractivity contribution >= 4 is 35.1 Å². The van der Waals surface area contributed by atoms with E-state index in [-0.39, 0.29) is 23.1 Å². The molecule has 100 valence electrons. The molecule has 2 heterocycles. The molecule has 0 bridgehead atoms. The third kappa shape index (κ3) is 2.65. The SMILES string of the molecule is CC1C(=O)NC(=O)CN1C(=O)c1cc(N)nc(Cl)c1. The van der Waals surface area contributed by atoms with Gasteiger partial charge >= 0.3 is 0 Å². The molecule has 3 N–H and O–H groups in total. The number of nitrogen functional groups attached to an aromatic ring is 1. The van der Waals surface area contributed by atoms with Crippen molar-refractivity contribution < 1.29 is 14.4 Å². The van der Waals surface area contributed by atoms with Gasteiger partial charge < -0.3 is 10.6 Å². The summed E-state index contributed by atoms with van der Waals surface area (Å²) in [6, 6.07) is 1.94. The zero-order valence-electron chi connectivity index (χ0n) is 10.0. The number of anilines is 1. The molecule has 0 radical (unpaired) electrons. The maximum absolute atomic E-state index is 12.3. The Kier molecular flexibility index (Phi) is 3.39. The lowest BCUT2D eigenvalue weighted by molar-refractivity contribution is -0.138. The van der Waals surface area contributed by atoms with Crippen LogP contribution in [0.15, 0.2) is 12.1 Å². The van der Waals surface area contributed by atoms with Crippen molar-refractivity contribution in [2.24, 2.45) is 0 Å². The first kappa shape index (κ1) is 13.3. The van der Waals surface area contributed by atoms with Gasteiger partial charge in [-0.05, 0) is 19.1 Å². The molecular formula is C11H11ClN4O3. The molecule has 7 nitrogen and oxygen atoms in total. The second-order valence-electron chi connectivity index (χ2n) is 4.12. The van der Waals surface area contributed by atoms with E-state index in [4.69, 9.17) is 17.3 Å². The highest BCUT2D eigenvalue weighted by atomic mass is 35.5. The number of amides is 3. The van der Waals surface area contributed by atoms with Crippen LogP contribution in [0, 0.1) is 0 Å². The fourth-order valence-electron chi connectivity index (χ4n) is 1.77. The van der Waals surface area contributed by atoms with Gasteiger partial charge in [0.1, 0.15) is 23.6 Å². The van der Waals surface area contributed by atoms with Crippen molar-refractivity contribution in [1.29, 1.82) is 0 Å². The van der Waals surface area contributed by atoms with Gasteiger partial charge in [-0.15, -0.1) is 0 Å². The summed E-state index contributed by atoms with van der Waals surface area (Å²) in [6.45, 7) is 1.34. The third-order valence-electron chi connectivity index (χ3n) is 2.75. The molecular weight excluding hydrogens is 272 g/mol. The Hall–Kier alpha value is -2.15. The lowest BCUT2D eigenvalue weighted by Gasteiger charge is -2.31. The quantitative estimate of drug-likeness (QED) is 0.548. The summed E-state index contributed by atoms with van der Waals surface area (Å²) in [6.07, 6.45) is 0. The summed E-state index contributed by atoms with van der Waals surface area (Å²) in [5.74, 6) is -1.44. The topological polar surface area (TPSA) is 105 Å². The molecule has 1 aromatic heterocycles. The number of carbonyl (C=O) groups is 3. The summed E-state index contributed by atoms with van der Waals surface area (Å²) in [4.78, 5) is 40.0. The van der Waals surface area contributed by atoms with Gasteiger partial charge in [0.25, 0.3) is 5.91 Å². The molecule has 1 saturated heterocycles. The molecule has 8 heteroatoms. The molecule has 3 amide bonds. The molecule has 1 aliphatic heterocycles. The average Bonchev–Trinajstić information content (AvgIpc) is 2.31. The van der Waals surface area contributed by atoms with Gasteiger partial charge in [0.15, 0.2) is 0 Å². The summed E-state index contributed by atoms with van der Waals surface area (Å²) < 4.78 is 0. The van der Waals surface area contributed by atoms with Crippen LogP contribution in [0.4, 0.5) is 5.82 Å². The smallest absolute Gasteiger partial charge is 0.255 e. The van der Waals surface area contributed by atoms with Gasteiger partial charge in [-0.1, -0.05) is 11.6 Å². The van der Waals surface area contributed by atoms with Crippen LogP contribution < -0.4 is 11.1 Å². The zero-order valence-corrected chi connectivity index (χ0v) is 10.8. The maximum atomic E-state index is 12.3. The van der Waals surface area contributed by atoms with Crippen LogP contribution in [0.2, 0.25) is 5.15 Å². The van der Waals surface area contributed by atoms with Crippen molar-refractivity contribution in [3.05, 3.63) is 22.8 Å².